The van der Waals surface area contributed by atoms with Crippen LogP contribution in [0.25, 0.3) is 10.9 Å². The van der Waals surface area contributed by atoms with Gasteiger partial charge in [0, 0.05) is 35.3 Å². The summed E-state index contributed by atoms with van der Waals surface area (Å²) < 4.78 is 11.4. The molecular formula is C23H21N3O3. The average molecular weight is 387 g/mol. The number of Topliss-reactive ketones (excluding diaryl/α,β-unsaturated/α-hetero) is 1. The lowest BCUT2D eigenvalue weighted by molar-refractivity contribution is 0.0994. The van der Waals surface area contributed by atoms with Crippen LogP contribution in [-0.2, 0) is 6.42 Å². The number of carbonyl (C=O) groups is 1. The van der Waals surface area contributed by atoms with Crippen molar-refractivity contribution < 1.29 is 14.3 Å². The Morgan fingerprint density at radius 1 is 1.10 bits per heavy atom. The molecule has 0 bridgehead atoms. The standard InChI is InChI=1S/C23H21N3O3/c1-3-28-21-10-18-19(11-22(21)29-4-2)25-13-15(12-24)23(18)26-16-6-7-17-14(9-16)5-8-20(17)27/h6-7,9-11,13H,3-5,8H2,1-2H3,(H,25,26). The fourth-order valence-electron chi connectivity index (χ4n) is 3.63. The van der Waals surface area contributed by atoms with Gasteiger partial charge in [0.2, 0.25) is 0 Å². The van der Waals surface area contributed by atoms with Crippen LogP contribution >= 0.6 is 0 Å². The monoisotopic (exact) mass is 387 g/mol. The normalized spacial score (nSPS) is 12.5. The number of carbonyl (C=O) groups excluding carboxylic acids is 1. The molecule has 0 saturated carbocycles. The largest absolute Gasteiger partial charge is 0.490 e. The van der Waals surface area contributed by atoms with Crippen molar-refractivity contribution in [1.29, 1.82) is 5.26 Å². The molecule has 146 valence electrons. The van der Waals surface area contributed by atoms with E-state index < -0.39 is 0 Å². The van der Waals surface area contributed by atoms with Gasteiger partial charge in [-0.05, 0) is 50.1 Å². The third-order valence-electron chi connectivity index (χ3n) is 4.95. The molecule has 6 heteroatoms. The predicted molar refractivity (Wildman–Crippen MR) is 111 cm³/mol. The number of rotatable bonds is 6. The first kappa shape index (κ1) is 18.8. The predicted octanol–water partition coefficient (Wildman–Crippen LogP) is 4.78. The minimum atomic E-state index is 0.184. The molecule has 0 radical (unpaired) electrons. The first-order valence-electron chi connectivity index (χ1n) is 9.70. The van der Waals surface area contributed by atoms with Crippen LogP contribution in [0, 0.1) is 11.3 Å². The fraction of sp³-hybridized carbons (Fsp3) is 0.261. The van der Waals surface area contributed by atoms with Gasteiger partial charge in [-0.1, -0.05) is 0 Å². The third-order valence-corrected chi connectivity index (χ3v) is 4.95. The van der Waals surface area contributed by atoms with E-state index in [1.54, 1.807) is 6.20 Å². The minimum Gasteiger partial charge on any atom is -0.490 e. The molecule has 0 saturated heterocycles. The molecule has 0 spiro atoms. The van der Waals surface area contributed by atoms with Crippen molar-refractivity contribution in [2.45, 2.75) is 26.7 Å². The van der Waals surface area contributed by atoms with Crippen LogP contribution in [0.15, 0.2) is 36.5 Å². The van der Waals surface area contributed by atoms with Gasteiger partial charge in [-0.2, -0.15) is 5.26 Å². The lowest BCUT2D eigenvalue weighted by Gasteiger charge is -2.16. The van der Waals surface area contributed by atoms with Crippen molar-refractivity contribution in [1.82, 2.24) is 4.98 Å². The summed E-state index contributed by atoms with van der Waals surface area (Å²) in [7, 11) is 0. The van der Waals surface area contributed by atoms with Crippen molar-refractivity contribution in [2.75, 3.05) is 18.5 Å². The average Bonchev–Trinajstić information content (AvgIpc) is 3.09. The molecule has 1 aliphatic carbocycles. The zero-order chi connectivity index (χ0) is 20.4. The molecule has 4 rings (SSSR count). The second-order valence-electron chi connectivity index (χ2n) is 6.76. The highest BCUT2D eigenvalue weighted by Crippen LogP contribution is 2.38. The molecule has 6 nitrogen and oxygen atoms in total. The molecule has 2 aromatic carbocycles. The molecule has 0 atom stereocenters. The maximum absolute atomic E-state index is 11.9. The van der Waals surface area contributed by atoms with Crippen molar-refractivity contribution in [3.63, 3.8) is 0 Å². The molecule has 1 aliphatic rings. The number of ether oxygens (including phenoxy) is 2. The number of pyridine rings is 1. The van der Waals surface area contributed by atoms with Crippen LogP contribution in [0.2, 0.25) is 0 Å². The Kier molecular flexibility index (Phi) is 5.05. The number of benzene rings is 2. The van der Waals surface area contributed by atoms with Gasteiger partial charge in [0.1, 0.15) is 6.07 Å². The van der Waals surface area contributed by atoms with Crippen LogP contribution in [0.4, 0.5) is 11.4 Å². The number of aryl methyl sites for hydroxylation is 1. The number of fused-ring (bicyclic) bond motifs is 2. The highest BCUT2D eigenvalue weighted by molar-refractivity contribution is 6.01. The van der Waals surface area contributed by atoms with E-state index in [2.05, 4.69) is 16.4 Å². The molecule has 0 aliphatic heterocycles. The highest BCUT2D eigenvalue weighted by atomic mass is 16.5. The second-order valence-corrected chi connectivity index (χ2v) is 6.76. The number of hydrogen-bond donors (Lipinski definition) is 1. The van der Waals surface area contributed by atoms with Gasteiger partial charge in [0.25, 0.3) is 0 Å². The van der Waals surface area contributed by atoms with Gasteiger partial charge in [0.05, 0.1) is 30.0 Å². The first-order chi connectivity index (χ1) is 14.1. The summed E-state index contributed by atoms with van der Waals surface area (Å²) in [5.41, 5.74) is 4.44. The lowest BCUT2D eigenvalue weighted by Crippen LogP contribution is -2.01. The molecule has 29 heavy (non-hydrogen) atoms. The van der Waals surface area contributed by atoms with Crippen molar-refractivity contribution in [3.8, 4) is 17.6 Å². The maximum atomic E-state index is 11.9. The topological polar surface area (TPSA) is 84.2 Å². The summed E-state index contributed by atoms with van der Waals surface area (Å²) in [4.78, 5) is 16.3. The molecule has 1 aromatic heterocycles. The van der Waals surface area contributed by atoms with Crippen LogP contribution in [0.1, 0.15) is 41.8 Å². The van der Waals surface area contributed by atoms with Crippen molar-refractivity contribution in [3.05, 3.63) is 53.2 Å². The molecule has 1 N–H and O–H groups in total. The molecule has 1 heterocycles. The van der Waals surface area contributed by atoms with Crippen LogP contribution in [0.3, 0.4) is 0 Å². The summed E-state index contributed by atoms with van der Waals surface area (Å²) in [5, 5.41) is 13.8. The van der Waals surface area contributed by atoms with Crippen LogP contribution in [-0.4, -0.2) is 24.0 Å². The van der Waals surface area contributed by atoms with Gasteiger partial charge in [0.15, 0.2) is 17.3 Å². The highest BCUT2D eigenvalue weighted by Gasteiger charge is 2.20. The van der Waals surface area contributed by atoms with Crippen molar-refractivity contribution in [2.24, 2.45) is 0 Å². The summed E-state index contributed by atoms with van der Waals surface area (Å²) in [6.07, 6.45) is 2.86. The van der Waals surface area contributed by atoms with Crippen LogP contribution < -0.4 is 14.8 Å². The van der Waals surface area contributed by atoms with Gasteiger partial charge < -0.3 is 14.8 Å². The number of aromatic nitrogens is 1. The Bertz CT molecular complexity index is 1150. The van der Waals surface area contributed by atoms with E-state index in [4.69, 9.17) is 9.47 Å². The van der Waals surface area contributed by atoms with Gasteiger partial charge in [-0.25, -0.2) is 0 Å². The number of nitrogens with one attached hydrogen (secondary N) is 1. The Hall–Kier alpha value is -3.59. The maximum Gasteiger partial charge on any atom is 0.163 e. The van der Waals surface area contributed by atoms with E-state index >= 15 is 0 Å². The van der Waals surface area contributed by atoms with E-state index in [1.807, 2.05) is 44.2 Å². The quantitative estimate of drug-likeness (QED) is 0.655. The Labute approximate surface area is 169 Å². The zero-order valence-electron chi connectivity index (χ0n) is 16.4. The second kappa shape index (κ2) is 7.80. The van der Waals surface area contributed by atoms with E-state index in [1.165, 1.54) is 0 Å². The molecule has 0 fully saturated rings. The lowest BCUT2D eigenvalue weighted by atomic mass is 10.1. The number of hydrogen-bond acceptors (Lipinski definition) is 6. The third kappa shape index (κ3) is 3.47. The van der Waals surface area contributed by atoms with E-state index in [-0.39, 0.29) is 5.78 Å². The fourth-order valence-corrected chi connectivity index (χ4v) is 3.63. The van der Waals surface area contributed by atoms with Crippen molar-refractivity contribution >= 4 is 28.1 Å². The van der Waals surface area contributed by atoms with E-state index in [0.717, 1.165) is 28.6 Å². The summed E-state index contributed by atoms with van der Waals surface area (Å²) in [5.74, 6) is 1.42. The Morgan fingerprint density at radius 2 is 1.86 bits per heavy atom. The SMILES string of the molecule is CCOc1cc2ncc(C#N)c(Nc3ccc4c(c3)CCC4=O)c2cc1OCC. The Balaban J connectivity index is 1.83. The number of anilines is 2. The number of nitrogens with zero attached hydrogens (tertiary/aromatic N) is 2. The molecular weight excluding hydrogens is 366 g/mol. The zero-order valence-corrected chi connectivity index (χ0v) is 16.4. The molecule has 3 aromatic rings. The minimum absolute atomic E-state index is 0.184. The Morgan fingerprint density at radius 3 is 2.59 bits per heavy atom. The van der Waals surface area contributed by atoms with Gasteiger partial charge in [-0.15, -0.1) is 0 Å². The molecule has 0 unspecified atom stereocenters. The first-order valence-corrected chi connectivity index (χ1v) is 9.70. The number of ketones is 1. The summed E-state index contributed by atoms with van der Waals surface area (Å²) >= 11 is 0. The van der Waals surface area contributed by atoms with Gasteiger partial charge >= 0.3 is 0 Å². The summed E-state index contributed by atoms with van der Waals surface area (Å²) in [6, 6.07) is 11.6. The van der Waals surface area contributed by atoms with E-state index in [9.17, 15) is 10.1 Å². The molecule has 0 amide bonds. The van der Waals surface area contributed by atoms with Crippen LogP contribution in [0.5, 0.6) is 11.5 Å². The van der Waals surface area contributed by atoms with Gasteiger partial charge in [-0.3, -0.25) is 9.78 Å². The summed E-state index contributed by atoms with van der Waals surface area (Å²) in [6.45, 7) is 4.84. The smallest absolute Gasteiger partial charge is 0.163 e. The number of nitriles is 1. The van der Waals surface area contributed by atoms with E-state index in [0.29, 0.717) is 47.9 Å².